The second-order valence-corrected chi connectivity index (χ2v) is 5.48. The average molecular weight is 249 g/mol. The summed E-state index contributed by atoms with van der Waals surface area (Å²) in [6.45, 7) is 8.15. The molecule has 4 nitrogen and oxygen atoms in total. The van der Waals surface area contributed by atoms with Gasteiger partial charge in [0.15, 0.2) is 0 Å². The third-order valence-electron chi connectivity index (χ3n) is 3.70. The molecule has 0 radical (unpaired) electrons. The number of nitrogens with one attached hydrogen (secondary N) is 1. The quantitative estimate of drug-likeness (QED) is 0.872. The first-order chi connectivity index (χ1) is 8.60. The number of nitrogens with zero attached hydrogens (tertiary/aromatic N) is 2. The average Bonchev–Trinajstić information content (AvgIpc) is 2.27. The Kier molecular flexibility index (Phi) is 4.04. The van der Waals surface area contributed by atoms with E-state index in [1.807, 2.05) is 13.8 Å². The Hall–Kier alpha value is -1.32. The zero-order chi connectivity index (χ0) is 13.1. The van der Waals surface area contributed by atoms with Crippen molar-refractivity contribution >= 4 is 5.82 Å². The van der Waals surface area contributed by atoms with Crippen molar-refractivity contribution in [2.24, 2.45) is 5.92 Å². The van der Waals surface area contributed by atoms with E-state index >= 15 is 0 Å². The van der Waals surface area contributed by atoms with Gasteiger partial charge >= 0.3 is 0 Å². The number of anilines is 1. The molecule has 1 saturated carbocycles. The fourth-order valence-electron chi connectivity index (χ4n) is 2.27. The summed E-state index contributed by atoms with van der Waals surface area (Å²) in [5.74, 6) is 2.65. The third-order valence-corrected chi connectivity index (χ3v) is 3.70. The topological polar surface area (TPSA) is 49.0 Å². The summed E-state index contributed by atoms with van der Waals surface area (Å²) in [4.78, 5) is 21.3. The molecule has 1 aliphatic carbocycles. The minimum Gasteiger partial charge on any atom is -0.356 e. The predicted molar refractivity (Wildman–Crippen MR) is 74.2 cm³/mol. The van der Waals surface area contributed by atoms with Crippen LogP contribution in [-0.4, -0.2) is 23.1 Å². The van der Waals surface area contributed by atoms with Gasteiger partial charge in [-0.3, -0.25) is 4.79 Å². The van der Waals surface area contributed by atoms with Gasteiger partial charge in [0.05, 0.1) is 0 Å². The maximum Gasteiger partial charge on any atom is 0.252 e. The van der Waals surface area contributed by atoms with Crippen LogP contribution in [0, 0.1) is 5.92 Å². The van der Waals surface area contributed by atoms with Crippen molar-refractivity contribution < 1.29 is 0 Å². The van der Waals surface area contributed by atoms with Crippen molar-refractivity contribution in [1.82, 2.24) is 9.97 Å². The van der Waals surface area contributed by atoms with Crippen molar-refractivity contribution in [2.45, 2.75) is 46.0 Å². The fraction of sp³-hybridized carbons (Fsp3) is 0.714. The van der Waals surface area contributed by atoms with Crippen LogP contribution in [0.4, 0.5) is 5.82 Å². The van der Waals surface area contributed by atoms with E-state index in [-0.39, 0.29) is 11.5 Å². The van der Waals surface area contributed by atoms with Crippen LogP contribution in [0.25, 0.3) is 0 Å². The lowest BCUT2D eigenvalue weighted by molar-refractivity contribution is 0.318. The van der Waals surface area contributed by atoms with Crippen molar-refractivity contribution in [3.8, 4) is 0 Å². The number of aromatic amines is 1. The molecular weight excluding hydrogens is 226 g/mol. The van der Waals surface area contributed by atoms with Gasteiger partial charge in [0.1, 0.15) is 11.6 Å². The van der Waals surface area contributed by atoms with E-state index in [1.165, 1.54) is 19.3 Å². The standard InChI is InChI=1S/C14H23N3O/c1-4-17(9-11-6-5-7-11)12-8-13(18)16-14(15-12)10(2)3/h8,10-11H,4-7,9H2,1-3H3,(H,15,16,18). The molecule has 2 rings (SSSR count). The molecule has 0 unspecified atom stereocenters. The fourth-order valence-corrected chi connectivity index (χ4v) is 2.27. The predicted octanol–water partition coefficient (Wildman–Crippen LogP) is 2.52. The van der Waals surface area contributed by atoms with Crippen LogP contribution >= 0.6 is 0 Å². The molecule has 4 heteroatoms. The second kappa shape index (κ2) is 5.55. The molecule has 0 aliphatic heterocycles. The SMILES string of the molecule is CCN(CC1CCC1)c1cc(=O)[nH]c(C(C)C)n1. The van der Waals surface area contributed by atoms with E-state index in [1.54, 1.807) is 6.07 Å². The smallest absolute Gasteiger partial charge is 0.252 e. The van der Waals surface area contributed by atoms with Crippen LogP contribution in [0.15, 0.2) is 10.9 Å². The summed E-state index contributed by atoms with van der Waals surface area (Å²) in [6.07, 6.45) is 3.98. The summed E-state index contributed by atoms with van der Waals surface area (Å²) < 4.78 is 0. The number of aromatic nitrogens is 2. The Morgan fingerprint density at radius 3 is 2.72 bits per heavy atom. The Morgan fingerprint density at radius 2 is 2.22 bits per heavy atom. The number of hydrogen-bond acceptors (Lipinski definition) is 3. The van der Waals surface area contributed by atoms with Gasteiger partial charge in [-0.05, 0) is 25.7 Å². The maximum absolute atomic E-state index is 11.7. The first-order valence-electron chi connectivity index (χ1n) is 6.96. The zero-order valence-electron chi connectivity index (χ0n) is 11.6. The first-order valence-corrected chi connectivity index (χ1v) is 6.96. The minimum absolute atomic E-state index is 0.0456. The Labute approximate surface area is 108 Å². The summed E-state index contributed by atoms with van der Waals surface area (Å²) in [5.41, 5.74) is -0.0456. The molecule has 0 bridgehead atoms. The molecule has 0 amide bonds. The third kappa shape index (κ3) is 2.92. The highest BCUT2D eigenvalue weighted by molar-refractivity contribution is 5.37. The number of rotatable bonds is 5. The first kappa shape index (κ1) is 13.1. The van der Waals surface area contributed by atoms with E-state index in [0.29, 0.717) is 0 Å². The summed E-state index contributed by atoms with van der Waals surface area (Å²) in [6, 6.07) is 1.62. The van der Waals surface area contributed by atoms with Gasteiger partial charge in [0, 0.05) is 25.1 Å². The highest BCUT2D eigenvalue weighted by atomic mass is 16.1. The van der Waals surface area contributed by atoms with Crippen LogP contribution in [0.5, 0.6) is 0 Å². The molecule has 0 aromatic carbocycles. The molecule has 18 heavy (non-hydrogen) atoms. The largest absolute Gasteiger partial charge is 0.356 e. The molecule has 1 heterocycles. The van der Waals surface area contributed by atoms with Crippen molar-refractivity contribution in [3.05, 3.63) is 22.2 Å². The van der Waals surface area contributed by atoms with Crippen LogP contribution in [-0.2, 0) is 0 Å². The normalized spacial score (nSPS) is 15.8. The Balaban J connectivity index is 2.20. The van der Waals surface area contributed by atoms with Crippen LogP contribution < -0.4 is 10.5 Å². The molecule has 0 atom stereocenters. The summed E-state index contributed by atoms with van der Waals surface area (Å²) in [5, 5.41) is 0. The molecule has 1 aromatic rings. The van der Waals surface area contributed by atoms with E-state index in [9.17, 15) is 4.79 Å². The summed E-state index contributed by atoms with van der Waals surface area (Å²) in [7, 11) is 0. The molecule has 0 saturated heterocycles. The van der Waals surface area contributed by atoms with Gasteiger partial charge < -0.3 is 9.88 Å². The summed E-state index contributed by atoms with van der Waals surface area (Å²) >= 11 is 0. The van der Waals surface area contributed by atoms with E-state index < -0.39 is 0 Å². The van der Waals surface area contributed by atoms with E-state index in [0.717, 1.165) is 30.6 Å². The minimum atomic E-state index is -0.0456. The second-order valence-electron chi connectivity index (χ2n) is 5.48. The molecular formula is C14H23N3O. The number of hydrogen-bond donors (Lipinski definition) is 1. The van der Waals surface area contributed by atoms with Gasteiger partial charge in [-0.25, -0.2) is 4.98 Å². The van der Waals surface area contributed by atoms with Crippen molar-refractivity contribution in [3.63, 3.8) is 0 Å². The Bertz CT molecular complexity index is 449. The molecule has 1 aliphatic rings. The monoisotopic (exact) mass is 249 g/mol. The van der Waals surface area contributed by atoms with E-state index in [4.69, 9.17) is 0 Å². The zero-order valence-corrected chi connectivity index (χ0v) is 11.6. The van der Waals surface area contributed by atoms with Gasteiger partial charge in [-0.1, -0.05) is 20.3 Å². The lowest BCUT2D eigenvalue weighted by Crippen LogP contribution is -2.34. The van der Waals surface area contributed by atoms with Crippen LogP contribution in [0.3, 0.4) is 0 Å². The lowest BCUT2D eigenvalue weighted by Gasteiger charge is -2.32. The molecule has 1 N–H and O–H groups in total. The maximum atomic E-state index is 11.7. The highest BCUT2D eigenvalue weighted by Crippen LogP contribution is 2.28. The van der Waals surface area contributed by atoms with Gasteiger partial charge in [-0.2, -0.15) is 0 Å². The lowest BCUT2D eigenvalue weighted by atomic mass is 9.85. The number of H-pyrrole nitrogens is 1. The van der Waals surface area contributed by atoms with Gasteiger partial charge in [-0.15, -0.1) is 0 Å². The van der Waals surface area contributed by atoms with Crippen LogP contribution in [0.1, 0.15) is 51.8 Å². The van der Waals surface area contributed by atoms with Crippen molar-refractivity contribution in [2.75, 3.05) is 18.0 Å². The van der Waals surface area contributed by atoms with Crippen molar-refractivity contribution in [1.29, 1.82) is 0 Å². The van der Waals surface area contributed by atoms with Gasteiger partial charge in [0.25, 0.3) is 5.56 Å². The van der Waals surface area contributed by atoms with Gasteiger partial charge in [0.2, 0.25) is 0 Å². The molecule has 1 fully saturated rings. The van der Waals surface area contributed by atoms with E-state index in [2.05, 4.69) is 21.8 Å². The highest BCUT2D eigenvalue weighted by Gasteiger charge is 2.21. The molecule has 1 aromatic heterocycles. The molecule has 0 spiro atoms. The molecule has 100 valence electrons. The Morgan fingerprint density at radius 1 is 1.50 bits per heavy atom. The van der Waals surface area contributed by atoms with Crippen LogP contribution in [0.2, 0.25) is 0 Å².